The molecule has 0 unspecified atom stereocenters. The molecule has 0 spiro atoms. The minimum atomic E-state index is -1.39. The second kappa shape index (κ2) is 10.3. The molecule has 29 heavy (non-hydrogen) atoms. The Balaban J connectivity index is 2.47. The first-order chi connectivity index (χ1) is 13.7. The van der Waals surface area contributed by atoms with E-state index in [9.17, 15) is 19.2 Å². The number of esters is 4. The Morgan fingerprint density at radius 1 is 0.828 bits per heavy atom. The summed E-state index contributed by atoms with van der Waals surface area (Å²) >= 11 is 1.16. The van der Waals surface area contributed by atoms with Crippen LogP contribution >= 0.6 is 11.8 Å². The van der Waals surface area contributed by atoms with Gasteiger partial charge in [-0.05, 0) is 12.1 Å². The molecule has 1 aromatic carbocycles. The third-order valence-corrected chi connectivity index (χ3v) is 4.99. The minimum Gasteiger partial charge on any atom is -0.467 e. The Morgan fingerprint density at radius 3 is 1.86 bits per heavy atom. The van der Waals surface area contributed by atoms with E-state index >= 15 is 0 Å². The van der Waals surface area contributed by atoms with Crippen molar-refractivity contribution in [1.29, 1.82) is 0 Å². The molecule has 2 rings (SSSR count). The largest absolute Gasteiger partial charge is 0.467 e. The Kier molecular flexibility index (Phi) is 8.03. The summed E-state index contributed by atoms with van der Waals surface area (Å²) in [6.45, 7) is 3.46. The van der Waals surface area contributed by atoms with Gasteiger partial charge in [0.2, 0.25) is 0 Å². The predicted octanol–water partition coefficient (Wildman–Crippen LogP) is 1.47. The van der Waals surface area contributed by atoms with Crippen LogP contribution in [0.15, 0.2) is 35.2 Å². The van der Waals surface area contributed by atoms with Crippen LogP contribution in [0, 0.1) is 0 Å². The zero-order chi connectivity index (χ0) is 21.6. The smallest absolute Gasteiger partial charge is 0.339 e. The topological polar surface area (TPSA) is 114 Å². The number of benzene rings is 1. The van der Waals surface area contributed by atoms with Crippen LogP contribution in [0.4, 0.5) is 0 Å². The number of methoxy groups -OCH3 is 1. The summed E-state index contributed by atoms with van der Waals surface area (Å²) in [4.78, 5) is 48.1. The molecule has 0 aliphatic carbocycles. The Hall–Kier alpha value is -2.59. The number of ether oxygens (including phenoxy) is 5. The van der Waals surface area contributed by atoms with Crippen LogP contribution < -0.4 is 0 Å². The maximum atomic E-state index is 12.3. The lowest BCUT2D eigenvalue weighted by atomic mass is 9.99. The zero-order valence-corrected chi connectivity index (χ0v) is 17.2. The molecule has 0 radical (unpaired) electrons. The third kappa shape index (κ3) is 6.20. The van der Waals surface area contributed by atoms with Crippen LogP contribution in [-0.2, 0) is 42.9 Å². The first-order valence-electron chi connectivity index (χ1n) is 8.69. The van der Waals surface area contributed by atoms with E-state index in [0.717, 1.165) is 37.6 Å². The summed E-state index contributed by atoms with van der Waals surface area (Å²) in [5.74, 6) is -2.93. The molecule has 0 N–H and O–H groups in total. The van der Waals surface area contributed by atoms with Crippen molar-refractivity contribution < 1.29 is 42.9 Å². The van der Waals surface area contributed by atoms with Crippen molar-refractivity contribution in [2.24, 2.45) is 0 Å². The van der Waals surface area contributed by atoms with E-state index in [-0.39, 0.29) is 0 Å². The quantitative estimate of drug-likeness (QED) is 0.489. The van der Waals surface area contributed by atoms with Crippen molar-refractivity contribution >= 4 is 35.6 Å². The molecule has 1 aromatic rings. The maximum Gasteiger partial charge on any atom is 0.339 e. The fourth-order valence-electron chi connectivity index (χ4n) is 2.81. The van der Waals surface area contributed by atoms with Crippen LogP contribution in [0.25, 0.3) is 0 Å². The van der Waals surface area contributed by atoms with Gasteiger partial charge in [-0.25, -0.2) is 4.79 Å². The molecule has 1 saturated heterocycles. The van der Waals surface area contributed by atoms with Gasteiger partial charge in [-0.3, -0.25) is 14.4 Å². The van der Waals surface area contributed by atoms with Gasteiger partial charge in [0.05, 0.1) is 7.11 Å². The average Bonchev–Trinajstić information content (AvgIpc) is 2.65. The summed E-state index contributed by atoms with van der Waals surface area (Å²) in [6.07, 6.45) is -5.17. The summed E-state index contributed by atoms with van der Waals surface area (Å²) in [5.41, 5.74) is -0.943. The molecule has 1 heterocycles. The molecule has 1 fully saturated rings. The lowest BCUT2D eigenvalue weighted by molar-refractivity contribution is -0.235. The Bertz CT molecular complexity index is 751. The van der Waals surface area contributed by atoms with E-state index in [1.165, 1.54) is 6.92 Å². The van der Waals surface area contributed by atoms with Gasteiger partial charge >= 0.3 is 23.9 Å². The van der Waals surface area contributed by atoms with Gasteiger partial charge < -0.3 is 23.7 Å². The summed E-state index contributed by atoms with van der Waals surface area (Å²) in [6, 6.07) is 9.02. The lowest BCUT2D eigenvalue weighted by Crippen LogP contribution is -2.62. The highest BCUT2D eigenvalue weighted by Crippen LogP contribution is 2.37. The fourth-order valence-corrected chi connectivity index (χ4v) is 3.91. The fraction of sp³-hybridized carbons (Fsp3) is 0.474. The van der Waals surface area contributed by atoms with E-state index < -0.39 is 53.7 Å². The highest BCUT2D eigenvalue weighted by atomic mass is 32.2. The van der Waals surface area contributed by atoms with Gasteiger partial charge in [0.15, 0.2) is 24.4 Å². The molecule has 158 valence electrons. The number of rotatable bonds is 6. The third-order valence-electron chi connectivity index (χ3n) is 3.83. The van der Waals surface area contributed by atoms with E-state index in [4.69, 9.17) is 23.7 Å². The molecule has 0 saturated carbocycles. The van der Waals surface area contributed by atoms with E-state index in [0.29, 0.717) is 0 Å². The zero-order valence-electron chi connectivity index (χ0n) is 16.4. The molecular formula is C19H22O9S. The van der Waals surface area contributed by atoms with Gasteiger partial charge in [-0.1, -0.05) is 30.0 Å². The van der Waals surface area contributed by atoms with Crippen LogP contribution in [0.5, 0.6) is 0 Å². The number of hydrogen-bond donors (Lipinski definition) is 0. The second-order valence-electron chi connectivity index (χ2n) is 6.10. The molecule has 5 atom stereocenters. The van der Waals surface area contributed by atoms with Gasteiger partial charge in [0.1, 0.15) is 5.44 Å². The first kappa shape index (κ1) is 22.7. The molecule has 9 nitrogen and oxygen atoms in total. The predicted molar refractivity (Wildman–Crippen MR) is 99.6 cm³/mol. The second-order valence-corrected chi connectivity index (χ2v) is 7.27. The van der Waals surface area contributed by atoms with E-state index in [1.807, 2.05) is 6.07 Å². The highest BCUT2D eigenvalue weighted by molar-refractivity contribution is 7.99. The maximum absolute atomic E-state index is 12.3. The first-order valence-corrected chi connectivity index (χ1v) is 9.57. The SMILES string of the molecule is COC(=O)[C@H]1O[C@@H](Sc2ccccc2)[C@H](OC(C)=O)[C@@H](OC(C)=O)[C@@H]1OC(C)=O. The highest BCUT2D eigenvalue weighted by Gasteiger charge is 2.54. The Labute approximate surface area is 172 Å². The van der Waals surface area contributed by atoms with E-state index in [2.05, 4.69) is 0 Å². The van der Waals surface area contributed by atoms with Gasteiger partial charge in [0.25, 0.3) is 0 Å². The molecule has 10 heteroatoms. The summed E-state index contributed by atoms with van der Waals surface area (Å²) < 4.78 is 26.5. The van der Waals surface area contributed by atoms with Crippen molar-refractivity contribution in [3.63, 3.8) is 0 Å². The summed E-state index contributed by atoms with van der Waals surface area (Å²) in [7, 11) is 1.15. The van der Waals surface area contributed by atoms with Crippen LogP contribution in [0.1, 0.15) is 20.8 Å². The molecule has 0 amide bonds. The molecular weight excluding hydrogens is 404 g/mol. The van der Waals surface area contributed by atoms with Crippen molar-refractivity contribution in [3.8, 4) is 0 Å². The van der Waals surface area contributed by atoms with Crippen LogP contribution in [0.3, 0.4) is 0 Å². The average molecular weight is 426 g/mol. The number of carbonyl (C=O) groups excluding carboxylic acids is 4. The molecule has 1 aliphatic heterocycles. The molecule has 0 aromatic heterocycles. The van der Waals surface area contributed by atoms with Crippen molar-refractivity contribution in [1.82, 2.24) is 0 Å². The van der Waals surface area contributed by atoms with Gasteiger partial charge in [-0.15, -0.1) is 0 Å². The van der Waals surface area contributed by atoms with Gasteiger partial charge in [-0.2, -0.15) is 0 Å². The van der Waals surface area contributed by atoms with Gasteiger partial charge in [0, 0.05) is 25.7 Å². The number of carbonyl (C=O) groups is 4. The monoisotopic (exact) mass is 426 g/mol. The molecule has 1 aliphatic rings. The van der Waals surface area contributed by atoms with E-state index in [1.54, 1.807) is 24.3 Å². The van der Waals surface area contributed by atoms with Crippen molar-refractivity contribution in [2.45, 2.75) is 55.5 Å². The summed E-state index contributed by atoms with van der Waals surface area (Å²) in [5, 5.41) is 0. The minimum absolute atomic E-state index is 0.660. The van der Waals surface area contributed by atoms with Crippen molar-refractivity contribution in [3.05, 3.63) is 30.3 Å². The van der Waals surface area contributed by atoms with Crippen LogP contribution in [0.2, 0.25) is 0 Å². The molecule has 0 bridgehead atoms. The number of thioether (sulfide) groups is 1. The van der Waals surface area contributed by atoms with Crippen LogP contribution in [-0.4, -0.2) is 60.8 Å². The number of hydrogen-bond acceptors (Lipinski definition) is 10. The normalized spacial score (nSPS) is 26.1. The van der Waals surface area contributed by atoms with Crippen molar-refractivity contribution in [2.75, 3.05) is 7.11 Å². The lowest BCUT2D eigenvalue weighted by Gasteiger charge is -2.43. The standard InChI is InChI=1S/C19H22O9S/c1-10(20)25-14-15(26-11(2)21)17(27-12(3)22)19(28-16(14)18(23)24-4)29-13-8-6-5-7-9-13/h5-9,14-17,19H,1-4H3/t14-,15-,16-,17+,19-/m0/s1. The Morgan fingerprint density at radius 2 is 1.34 bits per heavy atom.